The molecule has 3 rings (SSSR count). The molecule has 1 aromatic heterocycles. The average Bonchev–Trinajstić information content (AvgIpc) is 3.04. The number of carboxylic acids is 1. The number of sulfonamides is 1. The topological polar surface area (TPSA) is 100 Å². The van der Waals surface area contributed by atoms with Crippen LogP contribution in [0.15, 0.2) is 30.3 Å². The second-order valence-corrected chi connectivity index (χ2v) is 8.10. The van der Waals surface area contributed by atoms with Crippen LogP contribution in [-0.2, 0) is 10.0 Å². The molecule has 8 heteroatoms. The van der Waals surface area contributed by atoms with Gasteiger partial charge in [0.05, 0.1) is 23.6 Å². The van der Waals surface area contributed by atoms with E-state index in [2.05, 4.69) is 9.97 Å². The van der Waals surface area contributed by atoms with E-state index in [1.165, 1.54) is 22.7 Å². The van der Waals surface area contributed by atoms with E-state index in [0.29, 0.717) is 24.5 Å². The van der Waals surface area contributed by atoms with E-state index in [9.17, 15) is 13.2 Å². The minimum absolute atomic E-state index is 0.203. The summed E-state index contributed by atoms with van der Waals surface area (Å²) in [6.45, 7) is 2.31. The molecule has 1 aliphatic heterocycles. The van der Waals surface area contributed by atoms with Crippen LogP contribution in [0, 0.1) is 6.92 Å². The third kappa shape index (κ3) is 3.69. The van der Waals surface area contributed by atoms with Crippen LogP contribution in [0.2, 0.25) is 0 Å². The molecular weight excluding hydrogens is 342 g/mol. The van der Waals surface area contributed by atoms with Gasteiger partial charge in [-0.3, -0.25) is 0 Å². The van der Waals surface area contributed by atoms with Crippen molar-refractivity contribution in [2.45, 2.75) is 25.8 Å². The molecule has 0 bridgehead atoms. The Bertz CT molecular complexity index is 910. The molecule has 2 aromatic rings. The zero-order chi connectivity index (χ0) is 18.2. The van der Waals surface area contributed by atoms with Crippen LogP contribution in [0.4, 0.5) is 0 Å². The Morgan fingerprint density at radius 1 is 1.24 bits per heavy atom. The molecule has 0 saturated carbocycles. The van der Waals surface area contributed by atoms with Crippen LogP contribution in [0.3, 0.4) is 0 Å². The summed E-state index contributed by atoms with van der Waals surface area (Å²) in [6, 6.07) is 7.88. The lowest BCUT2D eigenvalue weighted by Gasteiger charge is -2.21. The van der Waals surface area contributed by atoms with Crippen LogP contribution in [-0.4, -0.2) is 46.6 Å². The summed E-state index contributed by atoms with van der Waals surface area (Å²) in [4.78, 5) is 20.0. The SMILES string of the molecule is Cc1cc(-c2ccc(C(=O)O)cc2)nc([C@H]2CCCN2S(C)(=O)=O)n1. The summed E-state index contributed by atoms with van der Waals surface area (Å²) in [7, 11) is -3.32. The van der Waals surface area contributed by atoms with E-state index in [1.54, 1.807) is 18.2 Å². The van der Waals surface area contributed by atoms with Gasteiger partial charge in [-0.25, -0.2) is 23.2 Å². The van der Waals surface area contributed by atoms with Gasteiger partial charge in [-0.05, 0) is 38.0 Å². The highest BCUT2D eigenvalue weighted by molar-refractivity contribution is 7.88. The molecule has 2 heterocycles. The second kappa shape index (κ2) is 6.53. The van der Waals surface area contributed by atoms with E-state index in [-0.39, 0.29) is 11.6 Å². The molecule has 1 aliphatic rings. The fourth-order valence-electron chi connectivity index (χ4n) is 3.07. The minimum Gasteiger partial charge on any atom is -0.478 e. The molecule has 1 N–H and O–H groups in total. The Kier molecular flexibility index (Phi) is 4.57. The number of hydrogen-bond donors (Lipinski definition) is 1. The predicted octanol–water partition coefficient (Wildman–Crippen LogP) is 2.25. The van der Waals surface area contributed by atoms with Crippen molar-refractivity contribution in [2.24, 2.45) is 0 Å². The Balaban J connectivity index is 2.00. The normalized spacial score (nSPS) is 18.4. The maximum atomic E-state index is 12.0. The number of nitrogens with zero attached hydrogens (tertiary/aromatic N) is 3. The lowest BCUT2D eigenvalue weighted by Crippen LogP contribution is -2.30. The van der Waals surface area contributed by atoms with E-state index in [1.807, 2.05) is 6.92 Å². The van der Waals surface area contributed by atoms with Crippen molar-refractivity contribution in [1.29, 1.82) is 0 Å². The van der Waals surface area contributed by atoms with Gasteiger partial charge in [0, 0.05) is 17.8 Å². The number of carboxylic acid groups (broad SMARTS) is 1. The molecule has 0 radical (unpaired) electrons. The Morgan fingerprint density at radius 2 is 1.92 bits per heavy atom. The maximum Gasteiger partial charge on any atom is 0.335 e. The first kappa shape index (κ1) is 17.5. The number of aromatic carboxylic acids is 1. The molecule has 0 spiro atoms. The van der Waals surface area contributed by atoms with E-state index in [4.69, 9.17) is 5.11 Å². The van der Waals surface area contributed by atoms with Gasteiger partial charge in [-0.1, -0.05) is 12.1 Å². The third-order valence-corrected chi connectivity index (χ3v) is 5.52. The summed E-state index contributed by atoms with van der Waals surface area (Å²) in [5.74, 6) is -0.499. The van der Waals surface area contributed by atoms with E-state index >= 15 is 0 Å². The number of carbonyl (C=O) groups is 1. The Labute approximate surface area is 146 Å². The van der Waals surface area contributed by atoms with Crippen molar-refractivity contribution >= 4 is 16.0 Å². The molecule has 132 valence electrons. The van der Waals surface area contributed by atoms with E-state index in [0.717, 1.165) is 17.7 Å². The van der Waals surface area contributed by atoms with Gasteiger partial charge >= 0.3 is 5.97 Å². The summed E-state index contributed by atoms with van der Waals surface area (Å²) in [5.41, 5.74) is 2.36. The minimum atomic E-state index is -3.32. The first-order valence-electron chi connectivity index (χ1n) is 7.92. The number of aromatic nitrogens is 2. The van der Waals surface area contributed by atoms with Crippen molar-refractivity contribution in [3.8, 4) is 11.3 Å². The maximum absolute atomic E-state index is 12.0. The summed E-state index contributed by atoms with van der Waals surface area (Å²) in [5, 5.41) is 9.00. The fraction of sp³-hybridized carbons (Fsp3) is 0.353. The smallest absolute Gasteiger partial charge is 0.335 e. The third-order valence-electron chi connectivity index (χ3n) is 4.23. The van der Waals surface area contributed by atoms with Crippen LogP contribution in [0.1, 0.15) is 40.8 Å². The molecule has 0 aliphatic carbocycles. The first-order valence-corrected chi connectivity index (χ1v) is 9.76. The molecule has 1 atom stereocenters. The molecule has 7 nitrogen and oxygen atoms in total. The lowest BCUT2D eigenvalue weighted by atomic mass is 10.1. The summed E-state index contributed by atoms with van der Waals surface area (Å²) >= 11 is 0. The van der Waals surface area contributed by atoms with Crippen molar-refractivity contribution in [2.75, 3.05) is 12.8 Å². The Morgan fingerprint density at radius 3 is 2.52 bits per heavy atom. The van der Waals surface area contributed by atoms with Crippen molar-refractivity contribution < 1.29 is 18.3 Å². The van der Waals surface area contributed by atoms with Gasteiger partial charge in [0.25, 0.3) is 0 Å². The number of hydrogen-bond acceptors (Lipinski definition) is 5. The molecule has 1 fully saturated rings. The quantitative estimate of drug-likeness (QED) is 0.896. The van der Waals surface area contributed by atoms with Crippen molar-refractivity contribution in [3.63, 3.8) is 0 Å². The molecular formula is C17H19N3O4S. The van der Waals surface area contributed by atoms with Gasteiger partial charge in [-0.2, -0.15) is 4.31 Å². The molecule has 0 amide bonds. The van der Waals surface area contributed by atoms with Gasteiger partial charge < -0.3 is 5.11 Å². The number of benzene rings is 1. The molecule has 25 heavy (non-hydrogen) atoms. The zero-order valence-electron chi connectivity index (χ0n) is 14.0. The van der Waals surface area contributed by atoms with Crippen LogP contribution in [0.5, 0.6) is 0 Å². The molecule has 1 saturated heterocycles. The van der Waals surface area contributed by atoms with E-state index < -0.39 is 16.0 Å². The molecule has 0 unspecified atom stereocenters. The largest absolute Gasteiger partial charge is 0.478 e. The van der Waals surface area contributed by atoms with Crippen molar-refractivity contribution in [1.82, 2.24) is 14.3 Å². The van der Waals surface area contributed by atoms with Crippen LogP contribution in [0.25, 0.3) is 11.3 Å². The summed E-state index contributed by atoms with van der Waals surface area (Å²) in [6.07, 6.45) is 2.66. The Hall–Kier alpha value is -2.32. The highest BCUT2D eigenvalue weighted by Gasteiger charge is 2.34. The lowest BCUT2D eigenvalue weighted by molar-refractivity contribution is 0.0697. The first-order chi connectivity index (χ1) is 11.8. The second-order valence-electron chi connectivity index (χ2n) is 6.17. The molecule has 1 aromatic carbocycles. The monoisotopic (exact) mass is 361 g/mol. The van der Waals surface area contributed by atoms with Crippen LogP contribution < -0.4 is 0 Å². The zero-order valence-corrected chi connectivity index (χ0v) is 14.8. The number of rotatable bonds is 4. The van der Waals surface area contributed by atoms with Crippen molar-refractivity contribution in [3.05, 3.63) is 47.4 Å². The van der Waals surface area contributed by atoms with Gasteiger partial charge in [0.1, 0.15) is 5.82 Å². The van der Waals surface area contributed by atoms with Gasteiger partial charge in [0.2, 0.25) is 10.0 Å². The highest BCUT2D eigenvalue weighted by Crippen LogP contribution is 2.33. The number of aryl methyl sites for hydroxylation is 1. The standard InChI is InChI=1S/C17H19N3O4S/c1-11-10-14(12-5-7-13(8-6-12)17(21)22)19-16(18-11)15-4-3-9-20(15)25(2,23)24/h5-8,10,15H,3-4,9H2,1-2H3,(H,21,22)/t15-/m1/s1. The van der Waals surface area contributed by atoms with Gasteiger partial charge in [-0.15, -0.1) is 0 Å². The average molecular weight is 361 g/mol. The van der Waals surface area contributed by atoms with Crippen LogP contribution >= 0.6 is 0 Å². The summed E-state index contributed by atoms with van der Waals surface area (Å²) < 4.78 is 25.4. The van der Waals surface area contributed by atoms with Gasteiger partial charge in [0.15, 0.2) is 0 Å². The highest BCUT2D eigenvalue weighted by atomic mass is 32.2. The predicted molar refractivity (Wildman–Crippen MR) is 92.7 cm³/mol. The fourth-order valence-corrected chi connectivity index (χ4v) is 4.19.